The first-order chi connectivity index (χ1) is 9.69. The maximum Gasteiger partial charge on any atom is 0.136 e. The van der Waals surface area contributed by atoms with Crippen LogP contribution in [0.2, 0.25) is 0 Å². The second kappa shape index (κ2) is 5.42. The van der Waals surface area contributed by atoms with Crippen LogP contribution in [0.15, 0.2) is 18.2 Å². The van der Waals surface area contributed by atoms with Crippen LogP contribution < -0.4 is 10.1 Å². The van der Waals surface area contributed by atoms with Crippen LogP contribution in [0, 0.1) is 0 Å². The third-order valence-corrected chi connectivity index (χ3v) is 3.64. The fraction of sp³-hybridized carbons (Fsp3) is 0.533. The summed E-state index contributed by atoms with van der Waals surface area (Å²) in [6.07, 6.45) is 0. The van der Waals surface area contributed by atoms with E-state index in [0.29, 0.717) is 18.7 Å². The molecule has 1 aromatic carbocycles. The first-order valence-corrected chi connectivity index (χ1v) is 7.05. The van der Waals surface area contributed by atoms with E-state index in [4.69, 9.17) is 9.47 Å². The van der Waals surface area contributed by atoms with Crippen molar-refractivity contribution < 1.29 is 9.47 Å². The van der Waals surface area contributed by atoms with Crippen molar-refractivity contribution in [3.8, 4) is 5.75 Å². The van der Waals surface area contributed by atoms with E-state index in [0.717, 1.165) is 35.8 Å². The molecule has 1 N–H and O–H groups in total. The highest BCUT2D eigenvalue weighted by molar-refractivity contribution is 5.78. The Labute approximate surface area is 118 Å². The summed E-state index contributed by atoms with van der Waals surface area (Å²) in [5.41, 5.74) is 2.12. The Balaban J connectivity index is 1.98. The molecule has 1 aliphatic heterocycles. The van der Waals surface area contributed by atoms with Gasteiger partial charge in [0.2, 0.25) is 0 Å². The van der Waals surface area contributed by atoms with Crippen molar-refractivity contribution in [1.82, 2.24) is 14.9 Å². The minimum Gasteiger partial charge on any atom is -0.497 e. The molecule has 1 aromatic heterocycles. The largest absolute Gasteiger partial charge is 0.497 e. The molecule has 0 saturated carbocycles. The second-order valence-corrected chi connectivity index (χ2v) is 5.48. The van der Waals surface area contributed by atoms with Crippen LogP contribution in [0.4, 0.5) is 0 Å². The van der Waals surface area contributed by atoms with Gasteiger partial charge in [-0.1, -0.05) is 13.8 Å². The number of methoxy groups -OCH3 is 1. The Morgan fingerprint density at radius 3 is 3.10 bits per heavy atom. The first kappa shape index (κ1) is 13.4. The molecule has 1 aliphatic rings. The molecule has 0 radical (unpaired) electrons. The number of benzene rings is 1. The van der Waals surface area contributed by atoms with Gasteiger partial charge in [0.1, 0.15) is 18.2 Å². The number of ether oxygens (including phenoxy) is 2. The predicted octanol–water partition coefficient (Wildman–Crippen LogP) is 2.11. The lowest BCUT2D eigenvalue weighted by Crippen LogP contribution is -2.35. The molecule has 1 atom stereocenters. The third kappa shape index (κ3) is 2.39. The second-order valence-electron chi connectivity index (χ2n) is 5.48. The van der Waals surface area contributed by atoms with Gasteiger partial charge in [-0.15, -0.1) is 0 Å². The van der Waals surface area contributed by atoms with Gasteiger partial charge in [-0.25, -0.2) is 4.98 Å². The summed E-state index contributed by atoms with van der Waals surface area (Å²) in [4.78, 5) is 4.67. The van der Waals surface area contributed by atoms with E-state index in [2.05, 4.69) is 34.8 Å². The number of nitrogens with zero attached hydrogens (tertiary/aromatic N) is 2. The summed E-state index contributed by atoms with van der Waals surface area (Å²) in [6, 6.07) is 6.81. The summed E-state index contributed by atoms with van der Waals surface area (Å²) in [7, 11) is 1.68. The topological polar surface area (TPSA) is 48.3 Å². The van der Waals surface area contributed by atoms with Crippen LogP contribution in [0.3, 0.4) is 0 Å². The molecule has 3 rings (SSSR count). The molecule has 2 aromatic rings. The summed E-state index contributed by atoms with van der Waals surface area (Å²) in [6.45, 7) is 6.50. The molecular weight excluding hydrogens is 254 g/mol. The number of nitrogens with one attached hydrogen (secondary N) is 1. The van der Waals surface area contributed by atoms with E-state index in [1.807, 2.05) is 12.1 Å². The average molecular weight is 275 g/mol. The Bertz CT molecular complexity index is 606. The third-order valence-electron chi connectivity index (χ3n) is 3.64. The molecule has 0 fully saturated rings. The van der Waals surface area contributed by atoms with Crippen molar-refractivity contribution in [3.05, 3.63) is 24.0 Å². The Kier molecular flexibility index (Phi) is 3.63. The lowest BCUT2D eigenvalue weighted by Gasteiger charge is -2.27. The highest BCUT2D eigenvalue weighted by atomic mass is 16.5. The molecule has 0 amide bonds. The fourth-order valence-electron chi connectivity index (χ4n) is 2.65. The molecule has 5 heteroatoms. The highest BCUT2D eigenvalue weighted by Gasteiger charge is 2.24. The fourth-order valence-corrected chi connectivity index (χ4v) is 2.65. The zero-order valence-electron chi connectivity index (χ0n) is 12.2. The maximum absolute atomic E-state index is 5.67. The molecular formula is C15H21N3O2. The van der Waals surface area contributed by atoms with Crippen molar-refractivity contribution in [2.75, 3.05) is 20.3 Å². The minimum atomic E-state index is 0.291. The van der Waals surface area contributed by atoms with Gasteiger partial charge < -0.3 is 19.4 Å². The molecule has 0 aliphatic carbocycles. The molecule has 0 spiro atoms. The molecule has 0 bridgehead atoms. The molecule has 2 heterocycles. The van der Waals surface area contributed by atoms with E-state index < -0.39 is 0 Å². The number of rotatable bonds is 4. The van der Waals surface area contributed by atoms with E-state index in [9.17, 15) is 0 Å². The number of hydrogen-bond acceptors (Lipinski definition) is 4. The summed E-state index contributed by atoms with van der Waals surface area (Å²) in [5.74, 6) is 1.83. The number of fused-ring (bicyclic) bond motifs is 3. The minimum absolute atomic E-state index is 0.291. The lowest BCUT2D eigenvalue weighted by molar-refractivity contribution is 0.0559. The van der Waals surface area contributed by atoms with Gasteiger partial charge in [0, 0.05) is 18.7 Å². The SMILES string of the molecule is COc1ccc2c(c1)nc1n2C(CNC(C)C)COC1. The zero-order valence-corrected chi connectivity index (χ0v) is 12.2. The van der Waals surface area contributed by atoms with Crippen LogP contribution in [-0.2, 0) is 11.3 Å². The van der Waals surface area contributed by atoms with Crippen molar-refractivity contribution in [2.45, 2.75) is 32.5 Å². The molecule has 1 unspecified atom stereocenters. The van der Waals surface area contributed by atoms with Crippen molar-refractivity contribution in [2.24, 2.45) is 0 Å². The number of aromatic nitrogens is 2. The smallest absolute Gasteiger partial charge is 0.136 e. The zero-order chi connectivity index (χ0) is 14.1. The summed E-state index contributed by atoms with van der Waals surface area (Å²) < 4.78 is 13.2. The van der Waals surface area contributed by atoms with Gasteiger partial charge in [-0.2, -0.15) is 0 Å². The average Bonchev–Trinajstić information content (AvgIpc) is 2.82. The molecule has 20 heavy (non-hydrogen) atoms. The van der Waals surface area contributed by atoms with Crippen LogP contribution >= 0.6 is 0 Å². The van der Waals surface area contributed by atoms with E-state index in [1.54, 1.807) is 7.11 Å². The Morgan fingerprint density at radius 2 is 2.35 bits per heavy atom. The maximum atomic E-state index is 5.67. The van der Waals surface area contributed by atoms with E-state index >= 15 is 0 Å². The molecule has 108 valence electrons. The Morgan fingerprint density at radius 1 is 1.50 bits per heavy atom. The monoisotopic (exact) mass is 275 g/mol. The van der Waals surface area contributed by atoms with Crippen LogP contribution in [-0.4, -0.2) is 35.9 Å². The molecule has 0 saturated heterocycles. The van der Waals surface area contributed by atoms with Gasteiger partial charge in [0.05, 0.1) is 30.8 Å². The standard InChI is InChI=1S/C15H21N3O2/c1-10(2)16-7-11-8-20-9-15-17-13-6-12(19-3)4-5-14(13)18(11)15/h4-6,10-11,16H,7-9H2,1-3H3. The lowest BCUT2D eigenvalue weighted by atomic mass is 10.2. The Hall–Kier alpha value is -1.59. The summed E-state index contributed by atoms with van der Waals surface area (Å²) >= 11 is 0. The van der Waals surface area contributed by atoms with Crippen molar-refractivity contribution >= 4 is 11.0 Å². The number of hydrogen-bond donors (Lipinski definition) is 1. The van der Waals surface area contributed by atoms with E-state index in [1.165, 1.54) is 0 Å². The van der Waals surface area contributed by atoms with Gasteiger partial charge in [-0.05, 0) is 12.1 Å². The van der Waals surface area contributed by atoms with Gasteiger partial charge >= 0.3 is 0 Å². The first-order valence-electron chi connectivity index (χ1n) is 7.05. The van der Waals surface area contributed by atoms with Crippen molar-refractivity contribution in [3.63, 3.8) is 0 Å². The molecule has 5 nitrogen and oxygen atoms in total. The normalized spacial score (nSPS) is 18.5. The van der Waals surface area contributed by atoms with Gasteiger partial charge in [-0.3, -0.25) is 0 Å². The van der Waals surface area contributed by atoms with Crippen LogP contribution in [0.5, 0.6) is 5.75 Å². The van der Waals surface area contributed by atoms with Crippen molar-refractivity contribution in [1.29, 1.82) is 0 Å². The summed E-state index contributed by atoms with van der Waals surface area (Å²) in [5, 5.41) is 3.48. The quantitative estimate of drug-likeness (QED) is 0.928. The number of imidazole rings is 1. The van der Waals surface area contributed by atoms with E-state index in [-0.39, 0.29) is 0 Å². The predicted molar refractivity (Wildman–Crippen MR) is 78.1 cm³/mol. The van der Waals surface area contributed by atoms with Crippen LogP contribution in [0.1, 0.15) is 25.7 Å². The van der Waals surface area contributed by atoms with Gasteiger partial charge in [0.25, 0.3) is 0 Å². The highest BCUT2D eigenvalue weighted by Crippen LogP contribution is 2.28. The van der Waals surface area contributed by atoms with Crippen LogP contribution in [0.25, 0.3) is 11.0 Å². The van der Waals surface area contributed by atoms with Gasteiger partial charge in [0.15, 0.2) is 0 Å².